The van der Waals surface area contributed by atoms with Crippen molar-refractivity contribution in [1.29, 1.82) is 0 Å². The van der Waals surface area contributed by atoms with Crippen LogP contribution in [-0.4, -0.2) is 12.7 Å². The Balaban J connectivity index is 0.00000180. The molecule has 2 rings (SSSR count). The molecule has 1 amide bonds. The Morgan fingerprint density at radius 1 is 1.32 bits per heavy atom. The van der Waals surface area contributed by atoms with E-state index in [9.17, 15) is 22.4 Å². The second-order valence-corrected chi connectivity index (χ2v) is 3.83. The smallest absolute Gasteiger partial charge is 0.419 e. The van der Waals surface area contributed by atoms with E-state index in [1.165, 1.54) is 6.07 Å². The summed E-state index contributed by atoms with van der Waals surface area (Å²) in [7, 11) is 0. The number of carbonyl (C=O) groups excluding carboxylic acids is 1. The highest BCUT2D eigenvalue weighted by Gasteiger charge is 2.36. The van der Waals surface area contributed by atoms with Crippen LogP contribution in [-0.2, 0) is 10.9 Å². The van der Waals surface area contributed by atoms with E-state index < -0.39 is 29.7 Å². The first kappa shape index (κ1) is 15.6. The maximum Gasteiger partial charge on any atom is 0.419 e. The second-order valence-electron chi connectivity index (χ2n) is 3.83. The number of cyclic esters (lactones) is 1. The van der Waals surface area contributed by atoms with E-state index in [1.807, 2.05) is 0 Å². The molecule has 1 N–H and O–H groups in total. The van der Waals surface area contributed by atoms with Gasteiger partial charge >= 0.3 is 12.3 Å². The highest BCUT2D eigenvalue weighted by molar-refractivity contribution is 5.85. The zero-order valence-electron chi connectivity index (χ0n) is 9.46. The number of rotatable bonds is 1. The Hall–Kier alpha value is -1.50. The van der Waals surface area contributed by atoms with Gasteiger partial charge in [0.2, 0.25) is 0 Å². The average Bonchev–Trinajstić information content (AvgIpc) is 2.27. The molecule has 0 aliphatic carbocycles. The van der Waals surface area contributed by atoms with Gasteiger partial charge in [-0.15, -0.1) is 12.4 Å². The predicted octanol–water partition coefficient (Wildman–Crippen LogP) is 3.44. The molecule has 1 saturated heterocycles. The monoisotopic (exact) mass is 299 g/mol. The van der Waals surface area contributed by atoms with Gasteiger partial charge in [0.25, 0.3) is 0 Å². The van der Waals surface area contributed by atoms with Crippen molar-refractivity contribution in [2.45, 2.75) is 18.6 Å². The number of benzene rings is 1. The Kier molecular flexibility index (Phi) is 4.62. The Labute approximate surface area is 112 Å². The van der Waals surface area contributed by atoms with Gasteiger partial charge in [-0.25, -0.2) is 9.18 Å². The minimum atomic E-state index is -4.75. The summed E-state index contributed by atoms with van der Waals surface area (Å²) >= 11 is 0. The molecule has 0 aromatic heterocycles. The first-order valence-electron chi connectivity index (χ1n) is 5.18. The standard InChI is InChI=1S/C11H9F4NO2.ClH/c12-9-6(8-4-5-18-10(17)16-8)2-1-3-7(9)11(13,14)15;/h1-3,8H,4-5H2,(H,16,17);1H/t8-;/m1./s1. The molecule has 19 heavy (non-hydrogen) atoms. The lowest BCUT2D eigenvalue weighted by atomic mass is 10.00. The fourth-order valence-electron chi connectivity index (χ4n) is 1.80. The van der Waals surface area contributed by atoms with Crippen LogP contribution in [0.15, 0.2) is 18.2 Å². The Morgan fingerprint density at radius 3 is 2.58 bits per heavy atom. The van der Waals surface area contributed by atoms with Crippen molar-refractivity contribution in [2.24, 2.45) is 0 Å². The molecule has 1 aliphatic rings. The molecule has 0 bridgehead atoms. The SMILES string of the molecule is Cl.O=C1N[C@@H](c2cccc(C(F)(F)F)c2F)CCO1. The van der Waals surface area contributed by atoms with Crippen LogP contribution in [0.4, 0.5) is 22.4 Å². The summed E-state index contributed by atoms with van der Waals surface area (Å²) < 4.78 is 55.9. The predicted molar refractivity (Wildman–Crippen MR) is 60.5 cm³/mol. The van der Waals surface area contributed by atoms with Crippen LogP contribution in [0.2, 0.25) is 0 Å². The van der Waals surface area contributed by atoms with Crippen LogP contribution in [0.1, 0.15) is 23.6 Å². The molecule has 0 radical (unpaired) electrons. The van der Waals surface area contributed by atoms with Gasteiger partial charge in [0.1, 0.15) is 5.82 Å². The minimum absolute atomic E-state index is 0. The van der Waals surface area contributed by atoms with E-state index in [1.54, 1.807) is 0 Å². The number of amides is 1. The first-order valence-corrected chi connectivity index (χ1v) is 5.18. The van der Waals surface area contributed by atoms with Crippen LogP contribution < -0.4 is 5.32 Å². The highest BCUT2D eigenvalue weighted by atomic mass is 35.5. The third-order valence-electron chi connectivity index (χ3n) is 2.64. The van der Waals surface area contributed by atoms with Gasteiger partial charge in [-0.05, 0) is 6.07 Å². The van der Waals surface area contributed by atoms with Crippen molar-refractivity contribution >= 4 is 18.5 Å². The zero-order chi connectivity index (χ0) is 13.3. The molecule has 106 valence electrons. The number of carbonyl (C=O) groups is 1. The number of halogens is 5. The van der Waals surface area contributed by atoms with E-state index in [2.05, 4.69) is 10.1 Å². The number of ether oxygens (including phenoxy) is 1. The van der Waals surface area contributed by atoms with E-state index >= 15 is 0 Å². The molecule has 8 heteroatoms. The topological polar surface area (TPSA) is 38.3 Å². The van der Waals surface area contributed by atoms with Crippen molar-refractivity contribution in [3.63, 3.8) is 0 Å². The van der Waals surface area contributed by atoms with Crippen LogP contribution in [0.3, 0.4) is 0 Å². The van der Waals surface area contributed by atoms with Gasteiger partial charge in [-0.3, -0.25) is 0 Å². The summed E-state index contributed by atoms with van der Waals surface area (Å²) in [6.45, 7) is 0.0478. The molecule has 3 nitrogen and oxygen atoms in total. The van der Waals surface area contributed by atoms with Crippen molar-refractivity contribution in [3.8, 4) is 0 Å². The fraction of sp³-hybridized carbons (Fsp3) is 0.364. The van der Waals surface area contributed by atoms with Crippen LogP contribution in [0, 0.1) is 5.82 Å². The summed E-state index contributed by atoms with van der Waals surface area (Å²) in [6, 6.07) is 2.21. The fourth-order valence-corrected chi connectivity index (χ4v) is 1.80. The molecule has 1 aliphatic heterocycles. The number of hydrogen-bond donors (Lipinski definition) is 1. The maximum atomic E-state index is 13.8. The summed E-state index contributed by atoms with van der Waals surface area (Å²) in [5.74, 6) is -1.35. The van der Waals surface area contributed by atoms with Gasteiger partial charge in [0, 0.05) is 12.0 Å². The Morgan fingerprint density at radius 2 is 2.00 bits per heavy atom. The van der Waals surface area contributed by atoms with E-state index in [0.29, 0.717) is 6.07 Å². The van der Waals surface area contributed by atoms with E-state index in [4.69, 9.17) is 0 Å². The molecule has 1 fully saturated rings. The van der Waals surface area contributed by atoms with Crippen LogP contribution in [0.5, 0.6) is 0 Å². The third-order valence-corrected chi connectivity index (χ3v) is 2.64. The number of alkyl carbamates (subject to hydrolysis) is 1. The lowest BCUT2D eigenvalue weighted by molar-refractivity contribution is -0.140. The molecule has 1 atom stereocenters. The van der Waals surface area contributed by atoms with E-state index in [0.717, 1.165) is 6.07 Å². The normalized spacial score (nSPS) is 19.2. The van der Waals surface area contributed by atoms with Gasteiger partial charge in [0.15, 0.2) is 0 Å². The van der Waals surface area contributed by atoms with Crippen molar-refractivity contribution in [3.05, 3.63) is 35.1 Å². The number of alkyl halides is 3. The number of hydrogen-bond acceptors (Lipinski definition) is 2. The van der Waals surface area contributed by atoms with Crippen molar-refractivity contribution in [2.75, 3.05) is 6.61 Å². The molecule has 0 spiro atoms. The molecule has 0 unspecified atom stereocenters. The summed E-state index contributed by atoms with van der Waals surface area (Å²) in [4.78, 5) is 11.0. The number of nitrogens with one attached hydrogen (secondary N) is 1. The van der Waals surface area contributed by atoms with Crippen molar-refractivity contribution < 1.29 is 27.1 Å². The van der Waals surface area contributed by atoms with Gasteiger partial charge in [0.05, 0.1) is 18.2 Å². The highest BCUT2D eigenvalue weighted by Crippen LogP contribution is 2.34. The molecule has 1 heterocycles. The third kappa shape index (κ3) is 3.28. The zero-order valence-corrected chi connectivity index (χ0v) is 10.3. The van der Waals surface area contributed by atoms with Gasteiger partial charge in [-0.1, -0.05) is 12.1 Å². The molecule has 1 aromatic rings. The van der Waals surface area contributed by atoms with Crippen LogP contribution >= 0.6 is 12.4 Å². The molecule has 1 aromatic carbocycles. The maximum absolute atomic E-state index is 13.8. The Bertz CT molecular complexity index is 478. The molecular weight excluding hydrogens is 290 g/mol. The summed E-state index contributed by atoms with van der Waals surface area (Å²) in [6.07, 6.45) is -5.29. The van der Waals surface area contributed by atoms with E-state index in [-0.39, 0.29) is 31.0 Å². The van der Waals surface area contributed by atoms with Gasteiger partial charge < -0.3 is 10.1 Å². The first-order chi connectivity index (χ1) is 8.39. The van der Waals surface area contributed by atoms with Crippen molar-refractivity contribution in [1.82, 2.24) is 5.32 Å². The lowest BCUT2D eigenvalue weighted by Gasteiger charge is -2.24. The van der Waals surface area contributed by atoms with Gasteiger partial charge in [-0.2, -0.15) is 13.2 Å². The quantitative estimate of drug-likeness (QED) is 0.807. The molecule has 0 saturated carbocycles. The van der Waals surface area contributed by atoms with Crippen LogP contribution in [0.25, 0.3) is 0 Å². The second kappa shape index (κ2) is 5.64. The minimum Gasteiger partial charge on any atom is -0.449 e. The largest absolute Gasteiger partial charge is 0.449 e. The average molecular weight is 300 g/mol. The lowest BCUT2D eigenvalue weighted by Crippen LogP contribution is -2.36. The summed E-state index contributed by atoms with van der Waals surface area (Å²) in [5.41, 5.74) is -1.51. The molecular formula is C11H10ClF4NO2. The summed E-state index contributed by atoms with van der Waals surface area (Å²) in [5, 5.41) is 2.28.